The van der Waals surface area contributed by atoms with Crippen molar-refractivity contribution in [2.45, 2.75) is 19.5 Å². The van der Waals surface area contributed by atoms with Crippen LogP contribution in [0.25, 0.3) is 0 Å². The third kappa shape index (κ3) is 8.19. The largest absolute Gasteiger partial charge is 0.416 e. The van der Waals surface area contributed by atoms with Gasteiger partial charge in [-0.05, 0) is 37.6 Å². The Kier molecular flexibility index (Phi) is 9.50. The zero-order valence-electron chi connectivity index (χ0n) is 14.9. The number of alkyl halides is 3. The normalized spacial score (nSPS) is 12.0. The molecule has 0 radical (unpaired) electrons. The minimum Gasteiger partial charge on any atom is -0.385 e. The van der Waals surface area contributed by atoms with Gasteiger partial charge in [0.1, 0.15) is 0 Å². The number of nitrogens with one attached hydrogen (secondary N) is 3. The van der Waals surface area contributed by atoms with Gasteiger partial charge in [0.15, 0.2) is 5.96 Å². The Morgan fingerprint density at radius 2 is 1.77 bits per heavy atom. The van der Waals surface area contributed by atoms with Gasteiger partial charge < -0.3 is 20.7 Å². The number of methoxy groups -OCH3 is 1. The van der Waals surface area contributed by atoms with E-state index < -0.39 is 17.6 Å². The number of guanidine groups is 1. The lowest BCUT2D eigenvalue weighted by molar-refractivity contribution is -0.137. The van der Waals surface area contributed by atoms with Gasteiger partial charge in [-0.2, -0.15) is 13.2 Å². The van der Waals surface area contributed by atoms with E-state index in [0.717, 1.165) is 30.7 Å². The van der Waals surface area contributed by atoms with E-state index in [0.29, 0.717) is 38.7 Å². The number of benzene rings is 1. The van der Waals surface area contributed by atoms with Gasteiger partial charge in [0.05, 0.1) is 5.56 Å². The highest BCUT2D eigenvalue weighted by Crippen LogP contribution is 2.28. The highest BCUT2D eigenvalue weighted by atomic mass is 19.4. The van der Waals surface area contributed by atoms with Gasteiger partial charge in [-0.1, -0.05) is 0 Å². The Morgan fingerprint density at radius 1 is 1.12 bits per heavy atom. The van der Waals surface area contributed by atoms with Crippen LogP contribution in [0.2, 0.25) is 0 Å². The topological polar surface area (TPSA) is 74.8 Å². The fourth-order valence-corrected chi connectivity index (χ4v) is 2.01. The van der Waals surface area contributed by atoms with E-state index in [-0.39, 0.29) is 5.56 Å². The van der Waals surface area contributed by atoms with Crippen molar-refractivity contribution in [3.63, 3.8) is 0 Å². The number of nitrogens with zero attached hydrogens (tertiary/aromatic N) is 1. The number of ether oxygens (including phenoxy) is 1. The molecule has 0 atom stereocenters. The number of amides is 1. The van der Waals surface area contributed by atoms with Crippen LogP contribution in [0, 0.1) is 0 Å². The number of carbonyl (C=O) groups is 1. The second kappa shape index (κ2) is 11.3. The monoisotopic (exact) mass is 374 g/mol. The molecule has 3 N–H and O–H groups in total. The predicted molar refractivity (Wildman–Crippen MR) is 94.3 cm³/mol. The number of hydrogen-bond acceptors (Lipinski definition) is 3. The zero-order chi connectivity index (χ0) is 19.4. The first-order chi connectivity index (χ1) is 12.4. The summed E-state index contributed by atoms with van der Waals surface area (Å²) in [5.74, 6) is 0.204. The molecule has 1 aromatic carbocycles. The van der Waals surface area contributed by atoms with Crippen LogP contribution in [0.1, 0.15) is 29.3 Å². The van der Waals surface area contributed by atoms with Gasteiger partial charge in [0.2, 0.25) is 0 Å². The first-order valence-corrected chi connectivity index (χ1v) is 8.35. The molecule has 0 saturated carbocycles. The Morgan fingerprint density at radius 3 is 2.35 bits per heavy atom. The molecule has 0 saturated heterocycles. The van der Waals surface area contributed by atoms with Crippen molar-refractivity contribution in [3.05, 3.63) is 35.4 Å². The maximum Gasteiger partial charge on any atom is 0.416 e. The van der Waals surface area contributed by atoms with Crippen molar-refractivity contribution in [2.24, 2.45) is 4.99 Å². The van der Waals surface area contributed by atoms with Gasteiger partial charge in [-0.3, -0.25) is 9.79 Å². The van der Waals surface area contributed by atoms with Crippen molar-refractivity contribution >= 4 is 11.9 Å². The Labute approximate surface area is 151 Å². The minimum absolute atomic E-state index is 0.179. The van der Waals surface area contributed by atoms with E-state index >= 15 is 0 Å². The second-order valence-corrected chi connectivity index (χ2v) is 5.36. The first-order valence-electron chi connectivity index (χ1n) is 8.35. The van der Waals surface area contributed by atoms with Crippen molar-refractivity contribution in [1.29, 1.82) is 0 Å². The summed E-state index contributed by atoms with van der Waals surface area (Å²) in [5.41, 5.74) is -0.603. The minimum atomic E-state index is -4.41. The van der Waals surface area contributed by atoms with Crippen LogP contribution >= 0.6 is 0 Å². The van der Waals surface area contributed by atoms with Crippen molar-refractivity contribution < 1.29 is 22.7 Å². The van der Waals surface area contributed by atoms with Crippen LogP contribution in [0.3, 0.4) is 0 Å². The van der Waals surface area contributed by atoms with Crippen molar-refractivity contribution in [2.75, 3.05) is 39.9 Å². The van der Waals surface area contributed by atoms with Crippen molar-refractivity contribution in [3.8, 4) is 0 Å². The number of aliphatic imine (C=N–C) groups is 1. The molecule has 9 heteroatoms. The van der Waals surface area contributed by atoms with Gasteiger partial charge in [0.25, 0.3) is 5.91 Å². The third-order valence-corrected chi connectivity index (χ3v) is 3.30. The fraction of sp³-hybridized carbons (Fsp3) is 0.529. The third-order valence-electron chi connectivity index (χ3n) is 3.30. The molecule has 0 unspecified atom stereocenters. The van der Waals surface area contributed by atoms with Gasteiger partial charge in [0, 0.05) is 45.5 Å². The summed E-state index contributed by atoms with van der Waals surface area (Å²) in [6.07, 6.45) is -3.61. The second-order valence-electron chi connectivity index (χ2n) is 5.36. The van der Waals surface area contributed by atoms with E-state index in [9.17, 15) is 18.0 Å². The standard InChI is InChI=1S/C17H25F3N4O2/c1-3-21-16(23-9-4-12-26-2)24-11-10-22-15(25)13-5-7-14(8-6-13)17(18,19)20/h5-8H,3-4,9-12H2,1-2H3,(H,22,25)(H2,21,23,24). The summed E-state index contributed by atoms with van der Waals surface area (Å²) in [5, 5.41) is 8.79. The van der Waals surface area contributed by atoms with Gasteiger partial charge >= 0.3 is 6.18 Å². The number of rotatable bonds is 9. The smallest absolute Gasteiger partial charge is 0.385 e. The lowest BCUT2D eigenvalue weighted by atomic mass is 10.1. The molecule has 1 rings (SSSR count). The predicted octanol–water partition coefficient (Wildman–Crippen LogP) is 2.03. The average Bonchev–Trinajstić information content (AvgIpc) is 2.61. The molecule has 1 aromatic rings. The zero-order valence-corrected chi connectivity index (χ0v) is 14.9. The van der Waals surface area contributed by atoms with E-state index in [1.54, 1.807) is 7.11 Å². The molecule has 0 bridgehead atoms. The molecule has 1 amide bonds. The highest BCUT2D eigenvalue weighted by Gasteiger charge is 2.30. The Bertz CT molecular complexity index is 574. The Hall–Kier alpha value is -2.29. The summed E-state index contributed by atoms with van der Waals surface area (Å²) in [4.78, 5) is 16.3. The molecule has 0 fully saturated rings. The van der Waals surface area contributed by atoms with Crippen LogP contribution in [0.5, 0.6) is 0 Å². The number of hydrogen-bond donors (Lipinski definition) is 3. The summed E-state index contributed by atoms with van der Waals surface area (Å²) in [6.45, 7) is 4.63. The van der Waals surface area contributed by atoms with E-state index in [4.69, 9.17) is 4.74 Å². The molecule has 0 spiro atoms. The molecule has 0 heterocycles. The fourth-order valence-electron chi connectivity index (χ4n) is 2.01. The summed E-state index contributed by atoms with van der Waals surface area (Å²) in [7, 11) is 1.63. The summed E-state index contributed by atoms with van der Waals surface area (Å²) >= 11 is 0. The molecule has 0 aromatic heterocycles. The highest BCUT2D eigenvalue weighted by molar-refractivity contribution is 5.94. The average molecular weight is 374 g/mol. The summed E-state index contributed by atoms with van der Waals surface area (Å²) in [6, 6.07) is 4.10. The van der Waals surface area contributed by atoms with Crippen LogP contribution in [-0.4, -0.2) is 51.8 Å². The van der Waals surface area contributed by atoms with Gasteiger partial charge in [-0.15, -0.1) is 0 Å². The Balaban J connectivity index is 2.40. The molecule has 0 aliphatic heterocycles. The lowest BCUT2D eigenvalue weighted by Crippen LogP contribution is -2.41. The first kappa shape index (κ1) is 21.8. The number of halogens is 3. The maximum absolute atomic E-state index is 12.5. The quantitative estimate of drug-likeness (QED) is 0.351. The van der Waals surface area contributed by atoms with E-state index in [1.807, 2.05) is 6.92 Å². The maximum atomic E-state index is 12.5. The van der Waals surface area contributed by atoms with Crippen LogP contribution in [0.15, 0.2) is 29.3 Å². The molecule has 6 nitrogen and oxygen atoms in total. The SMILES string of the molecule is CCNC(=NCCCOC)NCCNC(=O)c1ccc(C(F)(F)F)cc1. The molecular formula is C17H25F3N4O2. The lowest BCUT2D eigenvalue weighted by Gasteiger charge is -2.12. The van der Waals surface area contributed by atoms with Crippen molar-refractivity contribution in [1.82, 2.24) is 16.0 Å². The van der Waals surface area contributed by atoms with Crippen LogP contribution < -0.4 is 16.0 Å². The number of carbonyl (C=O) groups excluding carboxylic acids is 1. The molecule has 0 aliphatic carbocycles. The van der Waals surface area contributed by atoms with E-state index in [2.05, 4.69) is 20.9 Å². The molecular weight excluding hydrogens is 349 g/mol. The van der Waals surface area contributed by atoms with Gasteiger partial charge in [-0.25, -0.2) is 0 Å². The summed E-state index contributed by atoms with van der Waals surface area (Å²) < 4.78 is 42.5. The molecule has 146 valence electrons. The molecule has 26 heavy (non-hydrogen) atoms. The van der Waals surface area contributed by atoms with Crippen LogP contribution in [0.4, 0.5) is 13.2 Å². The molecule has 0 aliphatic rings. The van der Waals surface area contributed by atoms with Crippen LogP contribution in [-0.2, 0) is 10.9 Å². The van der Waals surface area contributed by atoms with E-state index in [1.165, 1.54) is 0 Å².